The van der Waals surface area contributed by atoms with Gasteiger partial charge in [0.25, 0.3) is 0 Å². The van der Waals surface area contributed by atoms with Crippen LogP contribution >= 0.6 is 0 Å². The molecule has 0 aromatic rings. The number of hydrogen-bond donors (Lipinski definition) is 1. The Morgan fingerprint density at radius 1 is 0.843 bits per heavy atom. The second-order valence-electron chi connectivity index (χ2n) is 16.5. The van der Waals surface area contributed by atoms with Crippen molar-refractivity contribution < 1.29 is 62.3 Å². The molecule has 288 valence electrons. The van der Waals surface area contributed by atoms with Gasteiger partial charge in [-0.15, -0.1) is 0 Å². The van der Waals surface area contributed by atoms with Gasteiger partial charge >= 0.3 is 35.8 Å². The van der Waals surface area contributed by atoms with Crippen molar-refractivity contribution in [3.8, 4) is 0 Å². The summed E-state index contributed by atoms with van der Waals surface area (Å²) in [6, 6.07) is 0. The van der Waals surface area contributed by atoms with Crippen LogP contribution in [0.5, 0.6) is 0 Å². The molecule has 0 bridgehead atoms. The molecular weight excluding hydrogens is 664 g/mol. The molecule has 1 aliphatic heterocycles. The average molecular weight is 723 g/mol. The van der Waals surface area contributed by atoms with Crippen molar-refractivity contribution in [3.63, 3.8) is 0 Å². The summed E-state index contributed by atoms with van der Waals surface area (Å²) in [5, 5.41) is 12.7. The molecule has 4 rings (SSSR count). The van der Waals surface area contributed by atoms with E-state index in [-0.39, 0.29) is 49.3 Å². The van der Waals surface area contributed by atoms with Gasteiger partial charge in [-0.05, 0) is 79.4 Å². The molecule has 1 saturated heterocycles. The van der Waals surface area contributed by atoms with E-state index in [0.29, 0.717) is 32.1 Å². The molecule has 0 aromatic heterocycles. The Balaban J connectivity index is 1.71. The van der Waals surface area contributed by atoms with Gasteiger partial charge in [-0.2, -0.15) is 0 Å². The van der Waals surface area contributed by atoms with Crippen molar-refractivity contribution >= 4 is 35.8 Å². The summed E-state index contributed by atoms with van der Waals surface area (Å²) in [5.41, 5.74) is -2.82. The van der Waals surface area contributed by atoms with Crippen LogP contribution in [0.15, 0.2) is 0 Å². The lowest BCUT2D eigenvalue weighted by Crippen LogP contribution is -2.61. The molecule has 13 atom stereocenters. The number of fused-ring (bicyclic) bond motifs is 5. The van der Waals surface area contributed by atoms with Crippen molar-refractivity contribution in [1.29, 1.82) is 0 Å². The third-order valence-corrected chi connectivity index (χ3v) is 12.9. The van der Waals surface area contributed by atoms with Gasteiger partial charge in [0, 0.05) is 47.0 Å². The Labute approximate surface area is 301 Å². The van der Waals surface area contributed by atoms with E-state index in [1.807, 2.05) is 13.8 Å². The monoisotopic (exact) mass is 722 g/mol. The summed E-state index contributed by atoms with van der Waals surface area (Å²) in [4.78, 5) is 74.9. The van der Waals surface area contributed by atoms with Crippen LogP contribution < -0.4 is 0 Å². The summed E-state index contributed by atoms with van der Waals surface area (Å²) < 4.78 is 34.4. The maximum atomic E-state index is 13.7. The SMILES string of the molecule is CC(=O)OC[C@@H](C(C)C)[C@@H](OC(C)=O)[C@H](OC(C)=O)[C@](C)(O)[C@H]1CC[C@H]2[C@@H]3COC(=O)[C@H]4C[C@H](OC(C)=O)[C@H](OC(C)=O)C[C@]4(C)[C@H]3CC[C@]12C. The Kier molecular flexibility index (Phi) is 12.2. The topological polar surface area (TPSA) is 178 Å². The molecule has 3 saturated carbocycles. The lowest BCUT2D eigenvalue weighted by molar-refractivity contribution is -0.219. The third kappa shape index (κ3) is 8.23. The van der Waals surface area contributed by atoms with Crippen molar-refractivity contribution in [2.75, 3.05) is 13.2 Å². The highest BCUT2D eigenvalue weighted by Crippen LogP contribution is 2.67. The molecule has 0 spiro atoms. The van der Waals surface area contributed by atoms with Crippen molar-refractivity contribution in [3.05, 3.63) is 0 Å². The highest BCUT2D eigenvalue weighted by atomic mass is 16.6. The predicted molar refractivity (Wildman–Crippen MR) is 180 cm³/mol. The van der Waals surface area contributed by atoms with Crippen molar-refractivity contribution in [2.24, 2.45) is 52.3 Å². The van der Waals surface area contributed by atoms with Crippen LogP contribution in [0.1, 0.15) is 108 Å². The first kappa shape index (κ1) is 40.5. The summed E-state index contributed by atoms with van der Waals surface area (Å²) in [6.07, 6.45) is -0.753. The van der Waals surface area contributed by atoms with E-state index in [4.69, 9.17) is 28.4 Å². The zero-order valence-corrected chi connectivity index (χ0v) is 31.9. The second kappa shape index (κ2) is 15.4. The highest BCUT2D eigenvalue weighted by molar-refractivity contribution is 5.75. The largest absolute Gasteiger partial charge is 0.465 e. The lowest BCUT2D eigenvalue weighted by atomic mass is 9.48. The van der Waals surface area contributed by atoms with Crippen LogP contribution in [-0.4, -0.2) is 84.2 Å². The van der Waals surface area contributed by atoms with Crippen LogP contribution in [0, 0.1) is 52.3 Å². The summed E-state index contributed by atoms with van der Waals surface area (Å²) >= 11 is 0. The van der Waals surface area contributed by atoms with E-state index >= 15 is 0 Å². The number of cyclic esters (lactones) is 1. The van der Waals surface area contributed by atoms with Gasteiger partial charge in [0.15, 0.2) is 6.10 Å². The second-order valence-corrected chi connectivity index (χ2v) is 16.5. The Hall–Kier alpha value is -3.22. The standard InChI is InChI=1S/C38H58O13/c1-19(2)25(17-46-20(3)39)33(50-23(6)42)34(51-24(7)43)38(10,45)32-12-11-27-26-18-47-35(44)29-15-30(48-21(4)40)31(49-22(5)41)16-37(29,9)28(26)13-14-36(27,32)8/h19,25-34,45H,11-18H2,1-10H3/t25-,26-,27-,28-,29+,30-,31+,32-,33+,34-,36-,37+,38+/m0/s1. The van der Waals surface area contributed by atoms with E-state index < -0.39 is 88.4 Å². The van der Waals surface area contributed by atoms with Crippen molar-refractivity contribution in [2.45, 2.75) is 138 Å². The molecule has 1 N–H and O–H groups in total. The fourth-order valence-electron chi connectivity index (χ4n) is 10.7. The van der Waals surface area contributed by atoms with Gasteiger partial charge in [-0.1, -0.05) is 27.7 Å². The highest BCUT2D eigenvalue weighted by Gasteiger charge is 2.66. The summed E-state index contributed by atoms with van der Waals surface area (Å²) in [5.74, 6) is -5.04. The normalized spacial score (nSPS) is 35.9. The molecular formula is C38H58O13. The molecule has 0 radical (unpaired) electrons. The molecule has 4 aliphatic rings. The van der Waals surface area contributed by atoms with E-state index in [1.54, 1.807) is 6.92 Å². The first-order valence-electron chi connectivity index (χ1n) is 18.3. The van der Waals surface area contributed by atoms with Crippen LogP contribution in [0.25, 0.3) is 0 Å². The number of ether oxygens (including phenoxy) is 6. The number of aliphatic hydroxyl groups is 1. The minimum absolute atomic E-state index is 0.000766. The van der Waals surface area contributed by atoms with Gasteiger partial charge in [-0.3, -0.25) is 28.8 Å². The quantitative estimate of drug-likeness (QED) is 0.236. The molecule has 4 fully saturated rings. The fraction of sp³-hybridized carbons (Fsp3) is 0.842. The third-order valence-electron chi connectivity index (χ3n) is 12.9. The number of hydrogen-bond acceptors (Lipinski definition) is 13. The van der Waals surface area contributed by atoms with Gasteiger partial charge < -0.3 is 33.5 Å². The molecule has 1 heterocycles. The van der Waals surface area contributed by atoms with Crippen LogP contribution in [-0.2, 0) is 57.2 Å². The Bertz CT molecular complexity index is 1360. The fourth-order valence-corrected chi connectivity index (χ4v) is 10.7. The van der Waals surface area contributed by atoms with Crippen molar-refractivity contribution in [1.82, 2.24) is 0 Å². The number of carbonyl (C=O) groups is 6. The lowest BCUT2D eigenvalue weighted by Gasteiger charge is -2.57. The zero-order valence-electron chi connectivity index (χ0n) is 31.9. The molecule has 0 unspecified atom stereocenters. The zero-order chi connectivity index (χ0) is 38.2. The number of carbonyl (C=O) groups excluding carboxylic acids is 6. The summed E-state index contributed by atoms with van der Waals surface area (Å²) in [6.45, 7) is 16.0. The Morgan fingerprint density at radius 3 is 1.98 bits per heavy atom. The molecule has 3 aliphatic carbocycles. The first-order valence-corrected chi connectivity index (χ1v) is 18.3. The molecule has 0 amide bonds. The van der Waals surface area contributed by atoms with Gasteiger partial charge in [0.1, 0.15) is 23.9 Å². The van der Waals surface area contributed by atoms with Gasteiger partial charge in [-0.25, -0.2) is 0 Å². The van der Waals surface area contributed by atoms with Gasteiger partial charge in [0.2, 0.25) is 0 Å². The van der Waals surface area contributed by atoms with Crippen LogP contribution in [0.2, 0.25) is 0 Å². The van der Waals surface area contributed by atoms with E-state index in [0.717, 1.165) is 0 Å². The van der Waals surface area contributed by atoms with Crippen LogP contribution in [0.4, 0.5) is 0 Å². The van der Waals surface area contributed by atoms with E-state index in [2.05, 4.69) is 13.8 Å². The smallest absolute Gasteiger partial charge is 0.309 e. The number of esters is 6. The van der Waals surface area contributed by atoms with E-state index in [9.17, 15) is 33.9 Å². The average Bonchev–Trinajstić information content (AvgIpc) is 3.31. The van der Waals surface area contributed by atoms with E-state index in [1.165, 1.54) is 34.6 Å². The maximum Gasteiger partial charge on any atom is 0.309 e. The van der Waals surface area contributed by atoms with Crippen LogP contribution in [0.3, 0.4) is 0 Å². The minimum Gasteiger partial charge on any atom is -0.465 e. The first-order chi connectivity index (χ1) is 23.6. The maximum absolute atomic E-state index is 13.7. The molecule has 13 nitrogen and oxygen atoms in total. The molecule has 13 heteroatoms. The number of rotatable bonds is 11. The summed E-state index contributed by atoms with van der Waals surface area (Å²) in [7, 11) is 0. The molecule has 0 aromatic carbocycles. The minimum atomic E-state index is -1.69. The molecule has 51 heavy (non-hydrogen) atoms. The van der Waals surface area contributed by atoms with Gasteiger partial charge in [0.05, 0.1) is 19.1 Å². The Morgan fingerprint density at radius 2 is 1.43 bits per heavy atom. The predicted octanol–water partition coefficient (Wildman–Crippen LogP) is 4.33.